The molecule has 1 aliphatic rings. The van der Waals surface area contributed by atoms with Gasteiger partial charge in [0.2, 0.25) is 0 Å². The van der Waals surface area contributed by atoms with E-state index < -0.39 is 5.60 Å². The van der Waals surface area contributed by atoms with Crippen LogP contribution in [0.5, 0.6) is 0 Å². The highest BCUT2D eigenvalue weighted by molar-refractivity contribution is 5.70. The van der Waals surface area contributed by atoms with Gasteiger partial charge < -0.3 is 4.74 Å². The van der Waals surface area contributed by atoms with Gasteiger partial charge in [-0.2, -0.15) is 0 Å². The van der Waals surface area contributed by atoms with E-state index in [9.17, 15) is 4.79 Å². The molecule has 1 atom stereocenters. The average Bonchev–Trinajstić information content (AvgIpc) is 2.88. The number of amides is 1. The molecule has 1 aromatic carbocycles. The Bertz CT molecular complexity index is 571. The lowest BCUT2D eigenvalue weighted by Crippen LogP contribution is -2.49. The van der Waals surface area contributed by atoms with Gasteiger partial charge in [-0.15, -0.1) is 0 Å². The molecule has 0 unspecified atom stereocenters. The number of carbonyl (C=O) groups excluding carboxylic acids is 1. The minimum absolute atomic E-state index is 0.236. The number of hydrogen-bond donors (Lipinski definition) is 0. The molecule has 0 bridgehead atoms. The van der Waals surface area contributed by atoms with E-state index in [1.54, 1.807) is 6.08 Å². The lowest BCUT2D eigenvalue weighted by Gasteiger charge is -2.37. The molecule has 0 aromatic heterocycles. The van der Waals surface area contributed by atoms with Crippen LogP contribution >= 0.6 is 0 Å². The maximum Gasteiger partial charge on any atom is 0.411 e. The molecule has 0 N–H and O–H groups in total. The topological polar surface area (TPSA) is 29.5 Å². The summed E-state index contributed by atoms with van der Waals surface area (Å²) in [5.41, 5.74) is 0.398. The first-order valence-electron chi connectivity index (χ1n) is 8.21. The van der Waals surface area contributed by atoms with Crippen molar-refractivity contribution < 1.29 is 9.53 Å². The number of benzene rings is 1. The van der Waals surface area contributed by atoms with Crippen molar-refractivity contribution in [2.75, 3.05) is 6.54 Å². The Kier molecular flexibility index (Phi) is 5.30. The molecule has 1 heterocycles. The van der Waals surface area contributed by atoms with Crippen molar-refractivity contribution in [3.05, 3.63) is 60.7 Å². The monoisotopic (exact) mass is 313 g/mol. The highest BCUT2D eigenvalue weighted by Gasteiger charge is 2.43. The van der Waals surface area contributed by atoms with E-state index in [4.69, 9.17) is 4.74 Å². The lowest BCUT2D eigenvalue weighted by atomic mass is 9.87. The second-order valence-corrected chi connectivity index (χ2v) is 7.10. The van der Waals surface area contributed by atoms with E-state index in [0.717, 1.165) is 25.8 Å². The number of hydrogen-bond acceptors (Lipinski definition) is 2. The van der Waals surface area contributed by atoms with Crippen LogP contribution in [-0.2, 0) is 11.2 Å². The Morgan fingerprint density at radius 1 is 1.35 bits per heavy atom. The average molecular weight is 313 g/mol. The largest absolute Gasteiger partial charge is 0.444 e. The minimum Gasteiger partial charge on any atom is -0.444 e. The molecule has 1 saturated heterocycles. The molecule has 124 valence electrons. The summed E-state index contributed by atoms with van der Waals surface area (Å²) in [4.78, 5) is 14.6. The molecule has 1 aromatic rings. The third kappa shape index (κ3) is 4.47. The van der Waals surface area contributed by atoms with E-state index in [-0.39, 0.29) is 11.6 Å². The predicted molar refractivity (Wildman–Crippen MR) is 94.4 cm³/mol. The normalized spacial score (nSPS) is 21.6. The van der Waals surface area contributed by atoms with Crippen LogP contribution in [0.4, 0.5) is 4.79 Å². The van der Waals surface area contributed by atoms with Gasteiger partial charge in [-0.3, -0.25) is 4.90 Å². The molecule has 0 spiro atoms. The van der Waals surface area contributed by atoms with Crippen LogP contribution in [0.15, 0.2) is 55.1 Å². The van der Waals surface area contributed by atoms with E-state index in [1.165, 1.54) is 5.56 Å². The molecule has 0 saturated carbocycles. The number of carbonyl (C=O) groups is 1. The predicted octanol–water partition coefficient (Wildman–Crippen LogP) is 4.74. The van der Waals surface area contributed by atoms with Crippen LogP contribution in [0.2, 0.25) is 0 Å². The maximum absolute atomic E-state index is 12.7. The van der Waals surface area contributed by atoms with Gasteiger partial charge in [0.25, 0.3) is 0 Å². The van der Waals surface area contributed by atoms with Crippen LogP contribution in [0.3, 0.4) is 0 Å². The summed E-state index contributed by atoms with van der Waals surface area (Å²) in [6, 6.07) is 10.3. The van der Waals surface area contributed by atoms with E-state index in [1.807, 2.05) is 49.9 Å². The van der Waals surface area contributed by atoms with Crippen LogP contribution in [0.1, 0.15) is 39.2 Å². The molecule has 0 aliphatic carbocycles. The van der Waals surface area contributed by atoms with Crippen LogP contribution in [-0.4, -0.2) is 28.7 Å². The zero-order chi connectivity index (χ0) is 16.9. The molecule has 23 heavy (non-hydrogen) atoms. The van der Waals surface area contributed by atoms with E-state index >= 15 is 0 Å². The number of nitrogens with zero attached hydrogens (tertiary/aromatic N) is 1. The number of likely N-dealkylation sites (tertiary alicyclic amines) is 1. The molecule has 1 aliphatic heterocycles. The zero-order valence-corrected chi connectivity index (χ0v) is 14.4. The fourth-order valence-electron chi connectivity index (χ4n) is 3.10. The quantitative estimate of drug-likeness (QED) is 0.751. The summed E-state index contributed by atoms with van der Waals surface area (Å²) in [5.74, 6) is 0. The summed E-state index contributed by atoms with van der Waals surface area (Å²) in [5, 5.41) is 0. The van der Waals surface area contributed by atoms with Crippen LogP contribution in [0, 0.1) is 0 Å². The summed E-state index contributed by atoms with van der Waals surface area (Å²) >= 11 is 0. The van der Waals surface area contributed by atoms with Gasteiger partial charge in [-0.05, 0) is 45.6 Å². The van der Waals surface area contributed by atoms with Gasteiger partial charge >= 0.3 is 6.09 Å². The zero-order valence-electron chi connectivity index (χ0n) is 14.4. The Morgan fingerprint density at radius 2 is 2.04 bits per heavy atom. The first-order chi connectivity index (χ1) is 10.9. The van der Waals surface area contributed by atoms with Crippen molar-refractivity contribution in [2.24, 2.45) is 0 Å². The molecule has 3 heteroatoms. The van der Waals surface area contributed by atoms with Gasteiger partial charge in [0.05, 0.1) is 5.54 Å². The van der Waals surface area contributed by atoms with Gasteiger partial charge in [-0.1, -0.05) is 55.1 Å². The summed E-state index contributed by atoms with van der Waals surface area (Å²) in [7, 11) is 0. The Balaban J connectivity index is 2.30. The van der Waals surface area contributed by atoms with Crippen LogP contribution < -0.4 is 0 Å². The highest BCUT2D eigenvalue weighted by atomic mass is 16.6. The molecule has 0 radical (unpaired) electrons. The van der Waals surface area contributed by atoms with Crippen molar-refractivity contribution in [1.82, 2.24) is 4.90 Å². The second-order valence-electron chi connectivity index (χ2n) is 7.10. The van der Waals surface area contributed by atoms with Gasteiger partial charge in [0, 0.05) is 6.54 Å². The van der Waals surface area contributed by atoms with Gasteiger partial charge in [-0.25, -0.2) is 4.79 Å². The molecule has 3 nitrogen and oxygen atoms in total. The maximum atomic E-state index is 12.7. The van der Waals surface area contributed by atoms with Gasteiger partial charge in [0.1, 0.15) is 5.60 Å². The summed E-state index contributed by atoms with van der Waals surface area (Å²) < 4.78 is 5.62. The molecule has 2 rings (SSSR count). The standard InChI is InChI=1S/C20H27NO2/c1-5-6-13-20(16-17-11-8-7-9-12-17)14-10-15-21(20)18(22)23-19(2,3)4/h5-9,11-13H,1,10,14-16H2,2-4H3/b13-6+/t20-/m1/s1. The Morgan fingerprint density at radius 3 is 2.65 bits per heavy atom. The van der Waals surface area contributed by atoms with Crippen molar-refractivity contribution in [2.45, 2.75) is 51.2 Å². The SMILES string of the molecule is C=C/C=C/[C@]1(Cc2ccccc2)CCCN1C(=O)OC(C)(C)C. The first-order valence-corrected chi connectivity index (χ1v) is 8.21. The molecule has 1 amide bonds. The lowest BCUT2D eigenvalue weighted by molar-refractivity contribution is 0.0148. The number of rotatable bonds is 4. The Labute approximate surface area is 139 Å². The first kappa shape index (κ1) is 17.3. The van der Waals surface area contributed by atoms with Crippen molar-refractivity contribution >= 4 is 6.09 Å². The summed E-state index contributed by atoms with van der Waals surface area (Å²) in [6.45, 7) is 10.2. The minimum atomic E-state index is -0.486. The van der Waals surface area contributed by atoms with E-state index in [2.05, 4.69) is 24.8 Å². The smallest absolute Gasteiger partial charge is 0.411 e. The fraction of sp³-hybridized carbons (Fsp3) is 0.450. The molecular weight excluding hydrogens is 286 g/mol. The molecular formula is C20H27NO2. The van der Waals surface area contributed by atoms with Crippen LogP contribution in [0.25, 0.3) is 0 Å². The summed E-state index contributed by atoms with van der Waals surface area (Å²) in [6.07, 6.45) is 8.27. The van der Waals surface area contributed by atoms with E-state index in [0.29, 0.717) is 0 Å². The van der Waals surface area contributed by atoms with Crippen molar-refractivity contribution in [1.29, 1.82) is 0 Å². The molecule has 1 fully saturated rings. The third-order valence-corrected chi connectivity index (χ3v) is 4.04. The number of allylic oxidation sites excluding steroid dienone is 2. The third-order valence-electron chi connectivity index (χ3n) is 4.04. The van der Waals surface area contributed by atoms with Crippen molar-refractivity contribution in [3.63, 3.8) is 0 Å². The Hall–Kier alpha value is -2.03. The van der Waals surface area contributed by atoms with Crippen molar-refractivity contribution in [3.8, 4) is 0 Å². The van der Waals surface area contributed by atoms with Gasteiger partial charge in [0.15, 0.2) is 0 Å². The number of ether oxygens (including phenoxy) is 1. The highest BCUT2D eigenvalue weighted by Crippen LogP contribution is 2.35. The second kappa shape index (κ2) is 7.03. The fourth-order valence-corrected chi connectivity index (χ4v) is 3.10.